The Bertz CT molecular complexity index is 1610. The molecule has 0 radical (unpaired) electrons. The highest BCUT2D eigenvalue weighted by atomic mass is 32.2. The summed E-state index contributed by atoms with van der Waals surface area (Å²) in [5.41, 5.74) is 3.38. The van der Waals surface area contributed by atoms with E-state index in [9.17, 15) is 4.21 Å². The largest absolute Gasteiger partial charge is 0.478 e. The molecule has 0 amide bonds. The monoisotopic (exact) mass is 487 g/mol. The number of nitrogens with zero attached hydrogens (tertiary/aromatic N) is 3. The van der Waals surface area contributed by atoms with E-state index in [0.29, 0.717) is 17.4 Å². The van der Waals surface area contributed by atoms with Gasteiger partial charge in [-0.25, -0.2) is 23.7 Å². The molecular formula is C25H25N7O2S. The van der Waals surface area contributed by atoms with Crippen LogP contribution in [0.1, 0.15) is 13.8 Å². The van der Waals surface area contributed by atoms with Crippen molar-refractivity contribution in [2.45, 2.75) is 19.9 Å². The predicted octanol–water partition coefficient (Wildman–Crippen LogP) is 5.21. The Morgan fingerprint density at radius 2 is 1.91 bits per heavy atom. The van der Waals surface area contributed by atoms with Gasteiger partial charge in [0.15, 0.2) is 11.8 Å². The van der Waals surface area contributed by atoms with Gasteiger partial charge in [-0.1, -0.05) is 24.3 Å². The van der Waals surface area contributed by atoms with Crippen molar-refractivity contribution in [2.24, 2.45) is 0 Å². The number of ether oxygens (including phenoxy) is 1. The summed E-state index contributed by atoms with van der Waals surface area (Å²) in [7, 11) is -3.06. The highest BCUT2D eigenvalue weighted by molar-refractivity contribution is 7.90. The maximum atomic E-state index is 12.3. The van der Waals surface area contributed by atoms with E-state index in [2.05, 4.69) is 20.2 Å². The average molecular weight is 488 g/mol. The van der Waals surface area contributed by atoms with Crippen molar-refractivity contribution in [1.82, 2.24) is 24.9 Å². The molecule has 5 aromatic rings. The first-order valence-electron chi connectivity index (χ1n) is 11.1. The minimum absolute atomic E-state index is 0.0823. The van der Waals surface area contributed by atoms with Gasteiger partial charge in [-0.15, -0.1) is 0 Å². The Morgan fingerprint density at radius 1 is 1.06 bits per heavy atom. The van der Waals surface area contributed by atoms with Crippen LogP contribution in [0.2, 0.25) is 0 Å². The van der Waals surface area contributed by atoms with Gasteiger partial charge in [0, 0.05) is 28.1 Å². The van der Waals surface area contributed by atoms with Crippen LogP contribution in [0.25, 0.3) is 33.2 Å². The molecule has 1 atom stereocenters. The Labute approximate surface area is 203 Å². The van der Waals surface area contributed by atoms with Crippen LogP contribution in [0.15, 0.2) is 72.9 Å². The minimum atomic E-state index is -3.06. The van der Waals surface area contributed by atoms with E-state index in [1.54, 1.807) is 18.3 Å². The molecule has 0 fully saturated rings. The van der Waals surface area contributed by atoms with Crippen LogP contribution in [-0.4, -0.2) is 36.4 Å². The maximum Gasteiger partial charge on any atom is 0.184 e. The zero-order valence-electron chi connectivity index (χ0n) is 19.3. The van der Waals surface area contributed by atoms with Crippen LogP contribution in [-0.2, 0) is 9.92 Å². The quantitative estimate of drug-likeness (QED) is 0.238. The molecule has 0 aliphatic heterocycles. The molecule has 0 saturated carbocycles. The number of fused-ring (bicyclic) bond motifs is 2. The first-order valence-corrected chi connectivity index (χ1v) is 12.8. The van der Waals surface area contributed by atoms with Crippen LogP contribution in [0.3, 0.4) is 0 Å². The molecule has 10 heteroatoms. The van der Waals surface area contributed by atoms with E-state index >= 15 is 0 Å². The first-order chi connectivity index (χ1) is 16.9. The number of hydrogen-bond donors (Lipinski definition) is 4. The molecule has 5 rings (SSSR count). The summed E-state index contributed by atoms with van der Waals surface area (Å²) < 4.78 is 28.7. The summed E-state index contributed by atoms with van der Waals surface area (Å²) in [4.78, 5) is 9.57. The molecule has 0 saturated heterocycles. The van der Waals surface area contributed by atoms with E-state index in [1.165, 1.54) is 0 Å². The third-order valence-electron chi connectivity index (χ3n) is 5.22. The van der Waals surface area contributed by atoms with Crippen molar-refractivity contribution in [1.29, 1.82) is 4.78 Å². The topological polar surface area (TPSA) is 129 Å². The van der Waals surface area contributed by atoms with Gasteiger partial charge in [-0.3, -0.25) is 5.10 Å². The lowest BCUT2D eigenvalue weighted by molar-refractivity contribution is 0.381. The van der Waals surface area contributed by atoms with Crippen LogP contribution in [0.4, 0.5) is 11.5 Å². The lowest BCUT2D eigenvalue weighted by Gasteiger charge is -2.14. The maximum absolute atomic E-state index is 12.3. The van der Waals surface area contributed by atoms with Crippen molar-refractivity contribution in [3.05, 3.63) is 72.9 Å². The number of anilines is 2. The van der Waals surface area contributed by atoms with Crippen molar-refractivity contribution in [3.63, 3.8) is 0 Å². The van der Waals surface area contributed by atoms with E-state index in [4.69, 9.17) is 19.5 Å². The van der Waals surface area contributed by atoms with E-state index in [-0.39, 0.29) is 12.0 Å². The van der Waals surface area contributed by atoms with E-state index < -0.39 is 9.92 Å². The highest BCUT2D eigenvalue weighted by Crippen LogP contribution is 2.29. The Kier molecular flexibility index (Phi) is 6.06. The van der Waals surface area contributed by atoms with Gasteiger partial charge in [0.25, 0.3) is 0 Å². The predicted molar refractivity (Wildman–Crippen MR) is 139 cm³/mol. The van der Waals surface area contributed by atoms with Gasteiger partial charge in [-0.2, -0.15) is 5.10 Å². The molecular weight excluding hydrogens is 462 g/mol. The summed E-state index contributed by atoms with van der Waals surface area (Å²) in [6.07, 6.45) is 1.78. The van der Waals surface area contributed by atoms with E-state index in [0.717, 1.165) is 33.1 Å². The molecule has 1 unspecified atom stereocenters. The number of hydrogen-bond acceptors (Lipinski definition) is 7. The molecule has 178 valence electrons. The van der Waals surface area contributed by atoms with Gasteiger partial charge in [-0.05, 0) is 56.3 Å². The van der Waals surface area contributed by atoms with Gasteiger partial charge in [0.05, 0.1) is 17.2 Å². The summed E-state index contributed by atoms with van der Waals surface area (Å²) in [6, 6.07) is 20.9. The standard InChI is InChI=1S/C25H25N7O2S/c1-16(2)32-35(26,33)15-34-20-7-5-6-17(13-20)24-29-23-9-4-3-8-21(23)25(30-24)28-19-10-11-22-18(12-19)14-27-31-22/h3-14,16H,15H2,1-2H3,(H,27,31)(H2,26,32,33)(H,28,29,30). The number of aromatic amines is 1. The summed E-state index contributed by atoms with van der Waals surface area (Å²) in [5.74, 6) is 1.43. The molecule has 0 aliphatic carbocycles. The number of benzene rings is 3. The summed E-state index contributed by atoms with van der Waals surface area (Å²) in [6.45, 7) is 3.68. The number of aromatic nitrogens is 4. The third kappa shape index (κ3) is 5.23. The van der Waals surface area contributed by atoms with Gasteiger partial charge >= 0.3 is 0 Å². The second-order valence-corrected chi connectivity index (χ2v) is 10.3. The van der Waals surface area contributed by atoms with Crippen molar-refractivity contribution in [2.75, 3.05) is 11.3 Å². The zero-order valence-corrected chi connectivity index (χ0v) is 20.1. The number of para-hydroxylation sites is 1. The Morgan fingerprint density at radius 3 is 2.77 bits per heavy atom. The molecule has 0 aliphatic rings. The first kappa shape index (κ1) is 22.8. The lowest BCUT2D eigenvalue weighted by atomic mass is 10.1. The average Bonchev–Trinajstić information content (AvgIpc) is 3.30. The Balaban J connectivity index is 1.47. The molecule has 0 bridgehead atoms. The fourth-order valence-corrected chi connectivity index (χ4v) is 4.88. The second kappa shape index (κ2) is 9.32. The fourth-order valence-electron chi connectivity index (χ4n) is 3.75. The van der Waals surface area contributed by atoms with Gasteiger partial charge in [0.1, 0.15) is 21.5 Å². The Hall–Kier alpha value is -4.02. The molecule has 9 nitrogen and oxygen atoms in total. The molecule has 35 heavy (non-hydrogen) atoms. The third-order valence-corrected chi connectivity index (χ3v) is 6.52. The highest BCUT2D eigenvalue weighted by Gasteiger charge is 2.13. The number of H-pyrrole nitrogens is 1. The smallest absolute Gasteiger partial charge is 0.184 e. The summed E-state index contributed by atoms with van der Waals surface area (Å²) >= 11 is 0. The second-order valence-electron chi connectivity index (χ2n) is 8.45. The molecule has 2 aromatic heterocycles. The summed E-state index contributed by atoms with van der Waals surface area (Å²) in [5, 5.41) is 12.3. The fraction of sp³-hybridized carbons (Fsp3) is 0.160. The molecule has 4 N–H and O–H groups in total. The normalized spacial score (nSPS) is 13.2. The van der Waals surface area contributed by atoms with Gasteiger partial charge in [0.2, 0.25) is 0 Å². The SMILES string of the molecule is CC(C)NS(=N)(=O)COc1cccc(-c2nc(Nc3ccc4[nH]ncc4c3)c3ccccc3n2)c1. The number of nitrogens with one attached hydrogen (secondary N) is 4. The van der Waals surface area contributed by atoms with Crippen molar-refractivity contribution < 1.29 is 8.95 Å². The molecule has 0 spiro atoms. The van der Waals surface area contributed by atoms with E-state index in [1.807, 2.05) is 68.4 Å². The minimum Gasteiger partial charge on any atom is -0.478 e. The van der Waals surface area contributed by atoms with Crippen LogP contribution in [0.5, 0.6) is 5.75 Å². The zero-order chi connectivity index (χ0) is 24.4. The lowest BCUT2D eigenvalue weighted by Crippen LogP contribution is -2.33. The molecule has 3 aromatic carbocycles. The van der Waals surface area contributed by atoms with Crippen molar-refractivity contribution in [3.8, 4) is 17.1 Å². The van der Waals surface area contributed by atoms with Crippen LogP contribution < -0.4 is 14.8 Å². The van der Waals surface area contributed by atoms with Crippen LogP contribution in [0, 0.1) is 4.78 Å². The molecule has 2 heterocycles. The van der Waals surface area contributed by atoms with Gasteiger partial charge < -0.3 is 10.1 Å². The number of rotatable bonds is 8. The van der Waals surface area contributed by atoms with Crippen molar-refractivity contribution >= 4 is 43.2 Å². The van der Waals surface area contributed by atoms with Crippen LogP contribution >= 0.6 is 0 Å².